The predicted octanol–water partition coefficient (Wildman–Crippen LogP) is 7.18. The van der Waals surface area contributed by atoms with Crippen molar-refractivity contribution in [1.29, 1.82) is 0 Å². The SMILES string of the molecule is COc1ccc(C2CCC(CN(C(=O)C3CCC(OC(=O)N4CC(OC)C4)CC3)c3cccc(-c4cnn(C(C)C)c4)c3)CC2)nc1C. The van der Waals surface area contributed by atoms with E-state index in [9.17, 15) is 9.59 Å². The van der Waals surface area contributed by atoms with Gasteiger partial charge in [0.2, 0.25) is 5.91 Å². The summed E-state index contributed by atoms with van der Waals surface area (Å²) < 4.78 is 18.5. The van der Waals surface area contributed by atoms with Crippen LogP contribution in [0.1, 0.15) is 88.6 Å². The number of rotatable bonds is 10. The molecule has 1 aromatic carbocycles. The van der Waals surface area contributed by atoms with Gasteiger partial charge in [-0.1, -0.05) is 12.1 Å². The van der Waals surface area contributed by atoms with E-state index in [0.29, 0.717) is 57.2 Å². The summed E-state index contributed by atoms with van der Waals surface area (Å²) in [6.45, 7) is 8.08. The molecule has 48 heavy (non-hydrogen) atoms. The van der Waals surface area contributed by atoms with Gasteiger partial charge in [0.1, 0.15) is 11.9 Å². The number of amides is 2. The van der Waals surface area contributed by atoms with Crippen molar-refractivity contribution in [2.45, 2.75) is 96.3 Å². The second kappa shape index (κ2) is 15.1. The number of benzene rings is 1. The van der Waals surface area contributed by atoms with E-state index in [0.717, 1.165) is 59.6 Å². The summed E-state index contributed by atoms with van der Waals surface area (Å²) in [5.41, 5.74) is 5.10. The van der Waals surface area contributed by atoms with E-state index in [4.69, 9.17) is 19.2 Å². The molecule has 0 bridgehead atoms. The molecule has 0 N–H and O–H groups in total. The van der Waals surface area contributed by atoms with E-state index in [1.165, 1.54) is 0 Å². The molecule has 2 saturated carbocycles. The highest BCUT2D eigenvalue weighted by Crippen LogP contribution is 2.38. The van der Waals surface area contributed by atoms with Crippen LogP contribution in [0.15, 0.2) is 48.8 Å². The zero-order valence-corrected chi connectivity index (χ0v) is 29.1. The van der Waals surface area contributed by atoms with Crippen LogP contribution in [0.3, 0.4) is 0 Å². The summed E-state index contributed by atoms with van der Waals surface area (Å²) in [5.74, 6) is 1.73. The number of ether oxygens (including phenoxy) is 3. The number of carbonyl (C=O) groups excluding carboxylic acids is 2. The molecule has 2 aliphatic carbocycles. The van der Waals surface area contributed by atoms with Crippen LogP contribution in [-0.2, 0) is 14.3 Å². The molecule has 1 saturated heterocycles. The van der Waals surface area contributed by atoms with Gasteiger partial charge < -0.3 is 24.0 Å². The number of anilines is 1. The van der Waals surface area contributed by atoms with Crippen LogP contribution in [0.5, 0.6) is 5.75 Å². The highest BCUT2D eigenvalue weighted by Gasteiger charge is 2.36. The molecule has 0 radical (unpaired) electrons. The molecule has 3 aliphatic rings. The minimum absolute atomic E-state index is 0.0974. The first-order valence-corrected chi connectivity index (χ1v) is 17.7. The van der Waals surface area contributed by atoms with Crippen molar-refractivity contribution in [3.05, 3.63) is 60.2 Å². The van der Waals surface area contributed by atoms with Crippen LogP contribution in [0.4, 0.5) is 10.5 Å². The number of hydrogen-bond donors (Lipinski definition) is 0. The topological polar surface area (TPSA) is 99.0 Å². The number of aromatic nitrogens is 3. The fourth-order valence-electron chi connectivity index (χ4n) is 7.46. The third kappa shape index (κ3) is 7.69. The van der Waals surface area contributed by atoms with Crippen molar-refractivity contribution < 1.29 is 23.8 Å². The van der Waals surface area contributed by atoms with E-state index in [1.54, 1.807) is 19.1 Å². The number of carbonyl (C=O) groups is 2. The third-order valence-corrected chi connectivity index (χ3v) is 10.6. The Morgan fingerprint density at radius 2 is 1.69 bits per heavy atom. The first-order valence-electron chi connectivity index (χ1n) is 17.7. The van der Waals surface area contributed by atoms with Crippen molar-refractivity contribution in [3.8, 4) is 16.9 Å². The van der Waals surface area contributed by atoms with Crippen LogP contribution in [-0.4, -0.2) is 77.7 Å². The van der Waals surface area contributed by atoms with E-state index >= 15 is 0 Å². The van der Waals surface area contributed by atoms with Gasteiger partial charge in [-0.15, -0.1) is 0 Å². The van der Waals surface area contributed by atoms with Gasteiger partial charge in [-0.05, 0) is 108 Å². The third-order valence-electron chi connectivity index (χ3n) is 10.6. The van der Waals surface area contributed by atoms with Crippen molar-refractivity contribution in [3.63, 3.8) is 0 Å². The summed E-state index contributed by atoms with van der Waals surface area (Å²) in [5, 5.41) is 4.55. The van der Waals surface area contributed by atoms with Crippen molar-refractivity contribution in [1.82, 2.24) is 19.7 Å². The number of likely N-dealkylation sites (tertiary alicyclic amines) is 1. The first-order chi connectivity index (χ1) is 23.2. The molecule has 0 spiro atoms. The Labute approximate surface area is 284 Å². The zero-order chi connectivity index (χ0) is 33.8. The molecule has 1 aliphatic heterocycles. The molecule has 0 unspecified atom stereocenters. The molecule has 6 rings (SSSR count). The number of aryl methyl sites for hydroxylation is 1. The van der Waals surface area contributed by atoms with Gasteiger partial charge in [0.15, 0.2) is 0 Å². The molecule has 2 aromatic heterocycles. The van der Waals surface area contributed by atoms with E-state index in [-0.39, 0.29) is 36.2 Å². The van der Waals surface area contributed by atoms with Gasteiger partial charge in [0, 0.05) is 54.7 Å². The standard InChI is InChI=1S/C38H51N5O5/c1-25(2)43-22-31(20-39-43)30-7-6-8-32(19-30)42(21-27-9-11-28(12-10-27)35-17-18-36(47-5)26(3)40-35)37(44)29-13-15-33(16-14-29)48-38(45)41-23-34(24-41)46-4/h6-8,17-20,22,25,27-29,33-34H,9-16,21,23-24H2,1-5H3. The lowest BCUT2D eigenvalue weighted by Crippen LogP contribution is -2.55. The zero-order valence-electron chi connectivity index (χ0n) is 29.1. The van der Waals surface area contributed by atoms with E-state index in [2.05, 4.69) is 54.3 Å². The summed E-state index contributed by atoms with van der Waals surface area (Å²) in [7, 11) is 3.35. The fourth-order valence-corrected chi connectivity index (χ4v) is 7.46. The van der Waals surface area contributed by atoms with Crippen molar-refractivity contribution >= 4 is 17.7 Å². The van der Waals surface area contributed by atoms with Gasteiger partial charge in [0.05, 0.1) is 38.2 Å². The number of nitrogens with zero attached hydrogens (tertiary/aromatic N) is 5. The lowest BCUT2D eigenvalue weighted by molar-refractivity contribution is -0.124. The van der Waals surface area contributed by atoms with Gasteiger partial charge in [0.25, 0.3) is 0 Å². The highest BCUT2D eigenvalue weighted by molar-refractivity contribution is 5.95. The minimum Gasteiger partial charge on any atom is -0.495 e. The van der Waals surface area contributed by atoms with Crippen molar-refractivity contribution in [2.24, 2.45) is 11.8 Å². The van der Waals surface area contributed by atoms with E-state index in [1.807, 2.05) is 29.9 Å². The average Bonchev–Trinajstić information content (AvgIpc) is 3.58. The van der Waals surface area contributed by atoms with Crippen LogP contribution in [0.25, 0.3) is 11.1 Å². The molecule has 10 heteroatoms. The Kier molecular flexibility index (Phi) is 10.7. The van der Waals surface area contributed by atoms with Crippen LogP contribution >= 0.6 is 0 Å². The minimum atomic E-state index is -0.270. The first kappa shape index (κ1) is 34.0. The average molecular weight is 658 g/mol. The summed E-state index contributed by atoms with van der Waals surface area (Å²) in [4.78, 5) is 35.6. The molecule has 0 atom stereocenters. The highest BCUT2D eigenvalue weighted by atomic mass is 16.6. The summed E-state index contributed by atoms with van der Waals surface area (Å²) in [6.07, 6.45) is 10.7. The monoisotopic (exact) mass is 657 g/mol. The maximum atomic E-state index is 14.4. The van der Waals surface area contributed by atoms with Crippen LogP contribution in [0.2, 0.25) is 0 Å². The Morgan fingerprint density at radius 3 is 2.33 bits per heavy atom. The molecular formula is C38H51N5O5. The van der Waals surface area contributed by atoms with Gasteiger partial charge >= 0.3 is 6.09 Å². The smallest absolute Gasteiger partial charge is 0.410 e. The molecule has 3 heterocycles. The Morgan fingerprint density at radius 1 is 0.938 bits per heavy atom. The molecular weight excluding hydrogens is 606 g/mol. The lowest BCUT2D eigenvalue weighted by atomic mass is 9.79. The predicted molar refractivity (Wildman–Crippen MR) is 185 cm³/mol. The number of methoxy groups -OCH3 is 2. The number of hydrogen-bond acceptors (Lipinski definition) is 7. The van der Waals surface area contributed by atoms with Crippen molar-refractivity contribution in [2.75, 3.05) is 38.8 Å². The molecule has 3 fully saturated rings. The van der Waals surface area contributed by atoms with Gasteiger partial charge in [-0.25, -0.2) is 4.79 Å². The van der Waals surface area contributed by atoms with Gasteiger partial charge in [-0.3, -0.25) is 14.5 Å². The summed E-state index contributed by atoms with van der Waals surface area (Å²) >= 11 is 0. The maximum Gasteiger partial charge on any atom is 0.410 e. The van der Waals surface area contributed by atoms with Crippen LogP contribution in [0, 0.1) is 18.8 Å². The lowest BCUT2D eigenvalue weighted by Gasteiger charge is -2.39. The Bertz CT molecular complexity index is 1550. The molecule has 3 aromatic rings. The molecule has 258 valence electrons. The fraction of sp³-hybridized carbons (Fsp3) is 0.579. The van der Waals surface area contributed by atoms with E-state index < -0.39 is 0 Å². The Balaban J connectivity index is 1.14. The quantitative estimate of drug-likeness (QED) is 0.228. The molecule has 2 amide bonds. The number of pyridine rings is 1. The second-order valence-electron chi connectivity index (χ2n) is 14.2. The van der Waals surface area contributed by atoms with Gasteiger partial charge in [-0.2, -0.15) is 5.10 Å². The summed E-state index contributed by atoms with van der Waals surface area (Å²) in [6, 6.07) is 12.8. The second-order valence-corrected chi connectivity index (χ2v) is 14.2. The normalized spacial score (nSPS) is 23.1. The Hall–Kier alpha value is -3.92. The molecule has 10 nitrogen and oxygen atoms in total. The maximum absolute atomic E-state index is 14.4. The van der Waals surface area contributed by atoms with Crippen LogP contribution < -0.4 is 9.64 Å². The largest absolute Gasteiger partial charge is 0.495 e.